The number of nitrogens with one attached hydrogen (secondary N) is 1. The maximum Gasteiger partial charge on any atom is 0.417 e. The van der Waals surface area contributed by atoms with Gasteiger partial charge in [0.1, 0.15) is 17.7 Å². The van der Waals surface area contributed by atoms with Crippen LogP contribution in [0.15, 0.2) is 55.0 Å². The van der Waals surface area contributed by atoms with Gasteiger partial charge in [0.15, 0.2) is 0 Å². The molecule has 0 saturated carbocycles. The van der Waals surface area contributed by atoms with Crippen molar-refractivity contribution in [3.8, 4) is 11.4 Å². The van der Waals surface area contributed by atoms with Crippen molar-refractivity contribution in [2.45, 2.75) is 19.2 Å². The lowest BCUT2D eigenvalue weighted by molar-refractivity contribution is -0.137. The topological polar surface area (TPSA) is 104 Å². The van der Waals surface area contributed by atoms with Crippen LogP contribution >= 0.6 is 0 Å². The van der Waals surface area contributed by atoms with Crippen molar-refractivity contribution in [2.24, 2.45) is 0 Å². The summed E-state index contributed by atoms with van der Waals surface area (Å²) in [7, 11) is 0. The van der Waals surface area contributed by atoms with Gasteiger partial charge in [0.2, 0.25) is 0 Å². The van der Waals surface area contributed by atoms with Crippen LogP contribution in [0, 0.1) is 6.92 Å². The number of aryl methyl sites for hydroxylation is 1. The van der Waals surface area contributed by atoms with Gasteiger partial charge in [0.05, 0.1) is 29.1 Å². The molecule has 3 N–H and O–H groups in total. The third kappa shape index (κ3) is 4.36. The molecule has 0 amide bonds. The van der Waals surface area contributed by atoms with E-state index in [-0.39, 0.29) is 5.82 Å². The smallest absolute Gasteiger partial charge is 0.393 e. The van der Waals surface area contributed by atoms with Crippen molar-refractivity contribution in [3.63, 3.8) is 0 Å². The molecule has 4 aromatic rings. The molecule has 0 aliphatic rings. The van der Waals surface area contributed by atoms with Crippen molar-refractivity contribution < 1.29 is 23.4 Å². The lowest BCUT2D eigenvalue weighted by Gasteiger charge is -2.12. The molecule has 0 aliphatic heterocycles. The number of halogens is 3. The number of aliphatic hydroxyl groups excluding tert-OH is 2. The zero-order valence-corrected chi connectivity index (χ0v) is 16.8. The minimum absolute atomic E-state index is 0.220. The van der Waals surface area contributed by atoms with Gasteiger partial charge in [-0.05, 0) is 48.9 Å². The zero-order valence-electron chi connectivity index (χ0n) is 16.8. The first-order chi connectivity index (χ1) is 15.3. The lowest BCUT2D eigenvalue weighted by atomic mass is 10.1. The average molecular weight is 441 g/mol. The number of hydrogen-bond donors (Lipinski definition) is 3. The predicted molar refractivity (Wildman–Crippen MR) is 112 cm³/mol. The number of alkyl halides is 3. The highest BCUT2D eigenvalue weighted by molar-refractivity contribution is 5.91. The molecule has 0 saturated heterocycles. The summed E-state index contributed by atoms with van der Waals surface area (Å²) in [6, 6.07) is 9.18. The van der Waals surface area contributed by atoms with Crippen molar-refractivity contribution in [1.82, 2.24) is 19.9 Å². The van der Waals surface area contributed by atoms with Crippen molar-refractivity contribution in [2.75, 3.05) is 11.9 Å². The maximum absolute atomic E-state index is 12.7. The summed E-state index contributed by atoms with van der Waals surface area (Å²) in [4.78, 5) is 17.1. The van der Waals surface area contributed by atoms with E-state index in [2.05, 4.69) is 25.3 Å². The largest absolute Gasteiger partial charge is 0.417 e. The molecule has 4 aromatic heterocycles. The minimum atomic E-state index is -4.45. The van der Waals surface area contributed by atoms with Gasteiger partial charge in [-0.15, -0.1) is 0 Å². The standard InChI is InChI=1S/C22H18F3N5O2/c1-12-8-13(18(32)11-31)9-28-20(12)17-4-3-15-16(29-17)6-7-26-21(15)30-19-5-2-14(10-27-19)22(23,24)25/h2-10,18,31-32H,11H2,1H3,(H,26,27,30)/t18-/m0/s1. The number of fused-ring (bicyclic) bond motifs is 1. The van der Waals surface area contributed by atoms with Crippen molar-refractivity contribution >= 4 is 22.5 Å². The summed E-state index contributed by atoms with van der Waals surface area (Å²) >= 11 is 0. The van der Waals surface area contributed by atoms with Crippen LogP contribution in [0.25, 0.3) is 22.3 Å². The van der Waals surface area contributed by atoms with Crippen LogP contribution in [0.3, 0.4) is 0 Å². The third-order valence-electron chi connectivity index (χ3n) is 4.85. The van der Waals surface area contributed by atoms with Crippen LogP contribution in [0.5, 0.6) is 0 Å². The SMILES string of the molecule is Cc1cc([C@@H](O)CO)cnc1-c1ccc2c(Nc3ccc(C(F)(F)F)cn3)nccc2n1. The van der Waals surface area contributed by atoms with Crippen LogP contribution in [-0.2, 0) is 6.18 Å². The second kappa shape index (κ2) is 8.48. The molecular formula is C22H18F3N5O2. The fourth-order valence-corrected chi connectivity index (χ4v) is 3.19. The number of aromatic nitrogens is 4. The second-order valence-corrected chi connectivity index (χ2v) is 7.11. The first-order valence-electron chi connectivity index (χ1n) is 9.58. The number of anilines is 2. The summed E-state index contributed by atoms with van der Waals surface area (Å²) in [5, 5.41) is 22.5. The zero-order chi connectivity index (χ0) is 22.9. The van der Waals surface area contributed by atoms with Crippen LogP contribution in [-0.4, -0.2) is 36.8 Å². The molecule has 32 heavy (non-hydrogen) atoms. The Labute approximate surface area is 180 Å². The molecule has 0 aromatic carbocycles. The molecule has 10 heteroatoms. The third-order valence-corrected chi connectivity index (χ3v) is 4.85. The molecule has 7 nitrogen and oxygen atoms in total. The summed E-state index contributed by atoms with van der Waals surface area (Å²) in [5.74, 6) is 0.623. The monoisotopic (exact) mass is 441 g/mol. The maximum atomic E-state index is 12.7. The highest BCUT2D eigenvalue weighted by Gasteiger charge is 2.30. The molecule has 164 valence electrons. The van der Waals surface area contributed by atoms with Gasteiger partial charge in [0, 0.05) is 29.5 Å². The fraction of sp³-hybridized carbons (Fsp3) is 0.182. The average Bonchev–Trinajstić information content (AvgIpc) is 2.78. The fourth-order valence-electron chi connectivity index (χ4n) is 3.19. The first kappa shape index (κ1) is 21.6. The summed E-state index contributed by atoms with van der Waals surface area (Å²) in [5.41, 5.74) is 2.28. The number of aliphatic hydroxyl groups is 2. The van der Waals surface area contributed by atoms with E-state index in [1.165, 1.54) is 18.5 Å². The van der Waals surface area contributed by atoms with Gasteiger partial charge in [-0.1, -0.05) is 0 Å². The number of hydrogen-bond acceptors (Lipinski definition) is 7. The Balaban J connectivity index is 1.64. The van der Waals surface area contributed by atoms with Gasteiger partial charge in [-0.3, -0.25) is 4.98 Å². The van der Waals surface area contributed by atoms with Gasteiger partial charge in [0.25, 0.3) is 0 Å². The van der Waals surface area contributed by atoms with E-state index in [1.807, 2.05) is 6.92 Å². The highest BCUT2D eigenvalue weighted by Crippen LogP contribution is 2.30. The Morgan fingerprint density at radius 1 is 1.03 bits per heavy atom. The van der Waals surface area contributed by atoms with Gasteiger partial charge in [-0.25, -0.2) is 15.0 Å². The molecule has 0 aliphatic carbocycles. The van der Waals surface area contributed by atoms with Gasteiger partial charge >= 0.3 is 6.18 Å². The Morgan fingerprint density at radius 2 is 1.84 bits per heavy atom. The van der Waals surface area contributed by atoms with E-state index in [0.29, 0.717) is 33.7 Å². The van der Waals surface area contributed by atoms with Crippen LogP contribution in [0.2, 0.25) is 0 Å². The van der Waals surface area contributed by atoms with E-state index in [9.17, 15) is 18.3 Å². The van der Waals surface area contributed by atoms with E-state index in [4.69, 9.17) is 5.11 Å². The predicted octanol–water partition coefficient (Wildman–Crippen LogP) is 4.18. The van der Waals surface area contributed by atoms with E-state index in [0.717, 1.165) is 17.8 Å². The molecule has 4 rings (SSSR count). The number of nitrogens with zero attached hydrogens (tertiary/aromatic N) is 4. The number of pyridine rings is 4. The summed E-state index contributed by atoms with van der Waals surface area (Å²) in [6.07, 6.45) is -1.67. The summed E-state index contributed by atoms with van der Waals surface area (Å²) < 4.78 is 38.2. The molecule has 0 spiro atoms. The summed E-state index contributed by atoms with van der Waals surface area (Å²) in [6.45, 7) is 1.43. The Hall–Kier alpha value is -3.63. The second-order valence-electron chi connectivity index (χ2n) is 7.11. The highest BCUT2D eigenvalue weighted by atomic mass is 19.4. The van der Waals surface area contributed by atoms with Crippen LogP contribution < -0.4 is 5.32 Å². The lowest BCUT2D eigenvalue weighted by Crippen LogP contribution is -2.06. The van der Waals surface area contributed by atoms with Crippen LogP contribution in [0.1, 0.15) is 22.8 Å². The molecule has 0 bridgehead atoms. The Kier molecular flexibility index (Phi) is 5.72. The normalized spacial score (nSPS) is 12.7. The Bertz CT molecular complexity index is 1260. The molecule has 1 atom stereocenters. The van der Waals surface area contributed by atoms with Gasteiger partial charge in [-0.2, -0.15) is 13.2 Å². The molecule has 0 fully saturated rings. The van der Waals surface area contributed by atoms with E-state index < -0.39 is 24.5 Å². The molecule has 4 heterocycles. The Morgan fingerprint density at radius 3 is 2.50 bits per heavy atom. The first-order valence-corrected chi connectivity index (χ1v) is 9.58. The minimum Gasteiger partial charge on any atom is -0.393 e. The van der Waals surface area contributed by atoms with Crippen molar-refractivity contribution in [3.05, 3.63) is 71.7 Å². The van der Waals surface area contributed by atoms with Gasteiger partial charge < -0.3 is 15.5 Å². The molecular weight excluding hydrogens is 423 g/mol. The molecule has 0 unspecified atom stereocenters. The number of rotatable bonds is 5. The van der Waals surface area contributed by atoms with E-state index >= 15 is 0 Å². The molecule has 0 radical (unpaired) electrons. The van der Waals surface area contributed by atoms with E-state index in [1.54, 1.807) is 24.3 Å². The van der Waals surface area contributed by atoms with Crippen molar-refractivity contribution in [1.29, 1.82) is 0 Å². The van der Waals surface area contributed by atoms with Crippen LogP contribution in [0.4, 0.5) is 24.8 Å². The quantitative estimate of drug-likeness (QED) is 0.427.